The Kier molecular flexibility index (Phi) is 5.20. The van der Waals surface area contributed by atoms with E-state index in [4.69, 9.17) is 5.26 Å². The van der Waals surface area contributed by atoms with Gasteiger partial charge in [-0.1, -0.05) is 37.7 Å². The molecule has 0 aliphatic carbocycles. The van der Waals surface area contributed by atoms with Crippen molar-refractivity contribution in [1.29, 1.82) is 5.26 Å². The van der Waals surface area contributed by atoms with Crippen molar-refractivity contribution >= 4 is 22.6 Å². The summed E-state index contributed by atoms with van der Waals surface area (Å²) in [5.74, 6) is 0. The van der Waals surface area contributed by atoms with Crippen LogP contribution in [0.2, 0.25) is 0 Å². The molecule has 96 valence electrons. The summed E-state index contributed by atoms with van der Waals surface area (Å²) in [7, 11) is 0. The summed E-state index contributed by atoms with van der Waals surface area (Å²) in [4.78, 5) is 4.30. The van der Waals surface area contributed by atoms with Gasteiger partial charge in [0.15, 0.2) is 11.4 Å². The van der Waals surface area contributed by atoms with Crippen LogP contribution >= 0.6 is 11.8 Å². The molecule has 4 nitrogen and oxygen atoms in total. The Morgan fingerprint density at radius 2 is 2.06 bits per heavy atom. The van der Waals surface area contributed by atoms with Gasteiger partial charge in [-0.2, -0.15) is 5.26 Å². The number of nitrogens with zero attached hydrogens (tertiary/aromatic N) is 2. The Labute approximate surface area is 112 Å². The predicted molar refractivity (Wildman–Crippen MR) is 75.9 cm³/mol. The summed E-state index contributed by atoms with van der Waals surface area (Å²) in [6.07, 6.45) is 3.70. The molecule has 0 radical (unpaired) electrons. The number of benzene rings is 1. The molecule has 0 aromatic heterocycles. The lowest BCUT2D eigenvalue weighted by Gasteiger charge is -2.22. The van der Waals surface area contributed by atoms with Crippen molar-refractivity contribution in [2.75, 3.05) is 12.9 Å². The molecule has 5 heteroatoms. The molecule has 1 aromatic rings. The molecule has 1 aromatic carbocycles. The van der Waals surface area contributed by atoms with Crippen LogP contribution in [0.5, 0.6) is 0 Å². The average molecular weight is 263 g/mol. The zero-order chi connectivity index (χ0) is 13.6. The second-order valence-corrected chi connectivity index (χ2v) is 5.24. The number of hydrogen-bond acceptors (Lipinski definition) is 4. The zero-order valence-corrected chi connectivity index (χ0v) is 11.6. The third-order valence-electron chi connectivity index (χ3n) is 2.63. The van der Waals surface area contributed by atoms with Crippen LogP contribution in [0.25, 0.3) is 0 Å². The van der Waals surface area contributed by atoms with Crippen molar-refractivity contribution in [3.05, 3.63) is 29.8 Å². The number of thioether (sulfide) groups is 1. The van der Waals surface area contributed by atoms with Crippen molar-refractivity contribution in [2.24, 2.45) is 4.99 Å². The fourth-order valence-corrected chi connectivity index (χ4v) is 1.71. The molecule has 0 fully saturated rings. The number of rotatable bonds is 3. The van der Waals surface area contributed by atoms with Crippen molar-refractivity contribution in [3.63, 3.8) is 0 Å². The quantitative estimate of drug-likeness (QED) is 0.380. The highest BCUT2D eigenvalue weighted by molar-refractivity contribution is 8.13. The Hall–Kier alpha value is -1.51. The number of aliphatic hydroxyl groups is 1. The molecule has 0 amide bonds. The minimum absolute atomic E-state index is 0.0989. The van der Waals surface area contributed by atoms with Crippen molar-refractivity contribution < 1.29 is 5.11 Å². The number of aliphatic hydroxyl groups excluding tert-OH is 1. The molecule has 1 rings (SSSR count). The normalized spacial score (nSPS) is 12.1. The summed E-state index contributed by atoms with van der Waals surface area (Å²) in [5.41, 5.74) is 1.58. The summed E-state index contributed by atoms with van der Waals surface area (Å²) in [5, 5.41) is 20.9. The van der Waals surface area contributed by atoms with Gasteiger partial charge in [-0.3, -0.25) is 5.32 Å². The molecule has 0 unspecified atom stereocenters. The minimum Gasteiger partial charge on any atom is -0.395 e. The number of amidine groups is 1. The molecular formula is C13H17N3OS. The van der Waals surface area contributed by atoms with Crippen molar-refractivity contribution in [1.82, 2.24) is 5.32 Å². The molecule has 0 bridgehead atoms. The molecule has 0 saturated carbocycles. The van der Waals surface area contributed by atoms with Crippen LogP contribution in [0.3, 0.4) is 0 Å². The van der Waals surface area contributed by atoms with Gasteiger partial charge in [-0.15, -0.1) is 0 Å². The van der Waals surface area contributed by atoms with Crippen molar-refractivity contribution in [2.45, 2.75) is 19.3 Å². The fourth-order valence-electron chi connectivity index (χ4n) is 1.37. The van der Waals surface area contributed by atoms with Crippen LogP contribution in [0.15, 0.2) is 29.3 Å². The highest BCUT2D eigenvalue weighted by Gasteiger charge is 2.18. The van der Waals surface area contributed by atoms with Gasteiger partial charge in [0.1, 0.15) is 0 Å². The maximum absolute atomic E-state index is 9.29. The third-order valence-corrected chi connectivity index (χ3v) is 3.21. The second kappa shape index (κ2) is 6.43. The predicted octanol–water partition coefficient (Wildman–Crippen LogP) is 2.38. The number of nitriles is 1. The Balaban J connectivity index is 2.93. The molecule has 0 aliphatic heterocycles. The molecule has 2 N–H and O–H groups in total. The number of nitrogens with one attached hydrogen (secondary N) is 1. The van der Waals surface area contributed by atoms with E-state index in [1.54, 1.807) is 0 Å². The monoisotopic (exact) mass is 263 g/mol. The molecule has 18 heavy (non-hydrogen) atoms. The largest absolute Gasteiger partial charge is 0.395 e. The van der Waals surface area contributed by atoms with E-state index in [1.807, 2.05) is 50.6 Å². The average Bonchev–Trinajstić information content (AvgIpc) is 2.39. The molecule has 0 atom stereocenters. The Morgan fingerprint density at radius 1 is 1.44 bits per heavy atom. The Morgan fingerprint density at radius 3 is 2.50 bits per heavy atom. The number of aliphatic imine (C=N–C) groups is 1. The van der Waals surface area contributed by atoms with E-state index < -0.39 is 0 Å². The second-order valence-electron chi connectivity index (χ2n) is 4.45. The summed E-state index contributed by atoms with van der Waals surface area (Å²) in [6.45, 7) is 4.06. The fraction of sp³-hybridized carbons (Fsp3) is 0.385. The van der Waals surface area contributed by atoms with Crippen LogP contribution in [0.1, 0.15) is 19.4 Å². The van der Waals surface area contributed by atoms with Crippen LogP contribution in [0, 0.1) is 11.5 Å². The minimum atomic E-state index is -0.254. The van der Waals surface area contributed by atoms with Crippen LogP contribution in [-0.2, 0) is 5.41 Å². The van der Waals surface area contributed by atoms with E-state index >= 15 is 0 Å². The lowest BCUT2D eigenvalue weighted by Crippen LogP contribution is -2.21. The third kappa shape index (κ3) is 3.76. The first kappa shape index (κ1) is 14.6. The lowest BCUT2D eigenvalue weighted by atomic mass is 9.86. The van der Waals surface area contributed by atoms with E-state index in [9.17, 15) is 5.11 Å². The SMILES string of the molecule is CSC(=Nc1ccc(C(C)(C)CO)cc1)NC#N. The van der Waals surface area contributed by atoms with Gasteiger partial charge < -0.3 is 5.11 Å². The topological polar surface area (TPSA) is 68.4 Å². The van der Waals surface area contributed by atoms with Gasteiger partial charge >= 0.3 is 0 Å². The summed E-state index contributed by atoms with van der Waals surface area (Å²) >= 11 is 1.38. The molecule has 0 saturated heterocycles. The maximum atomic E-state index is 9.29. The van der Waals surface area contributed by atoms with Crippen LogP contribution in [-0.4, -0.2) is 23.1 Å². The maximum Gasteiger partial charge on any atom is 0.183 e. The van der Waals surface area contributed by atoms with Gasteiger partial charge in [0, 0.05) is 5.41 Å². The smallest absolute Gasteiger partial charge is 0.183 e. The van der Waals surface area contributed by atoms with Gasteiger partial charge in [0.2, 0.25) is 0 Å². The van der Waals surface area contributed by atoms with E-state index in [0.717, 1.165) is 11.3 Å². The van der Waals surface area contributed by atoms with Gasteiger partial charge in [-0.25, -0.2) is 4.99 Å². The molecular weight excluding hydrogens is 246 g/mol. The summed E-state index contributed by atoms with van der Waals surface area (Å²) < 4.78 is 0. The lowest BCUT2D eigenvalue weighted by molar-refractivity contribution is 0.218. The van der Waals surface area contributed by atoms with E-state index in [0.29, 0.717) is 5.17 Å². The first-order valence-electron chi connectivity index (χ1n) is 5.52. The van der Waals surface area contributed by atoms with Crippen LogP contribution < -0.4 is 5.32 Å². The van der Waals surface area contributed by atoms with E-state index in [1.165, 1.54) is 11.8 Å². The van der Waals surface area contributed by atoms with Gasteiger partial charge in [-0.05, 0) is 24.0 Å². The first-order valence-corrected chi connectivity index (χ1v) is 6.75. The summed E-state index contributed by atoms with van der Waals surface area (Å²) in [6, 6.07) is 7.64. The van der Waals surface area contributed by atoms with E-state index in [2.05, 4.69) is 10.3 Å². The number of hydrogen-bond donors (Lipinski definition) is 2. The molecule has 0 spiro atoms. The highest BCUT2D eigenvalue weighted by Crippen LogP contribution is 2.25. The molecule has 0 heterocycles. The molecule has 0 aliphatic rings. The van der Waals surface area contributed by atoms with E-state index in [-0.39, 0.29) is 12.0 Å². The van der Waals surface area contributed by atoms with Crippen molar-refractivity contribution in [3.8, 4) is 6.19 Å². The van der Waals surface area contributed by atoms with Crippen LogP contribution in [0.4, 0.5) is 5.69 Å². The standard InChI is InChI=1S/C13H17N3OS/c1-13(2,8-17)10-4-6-11(7-5-10)16-12(18-3)15-9-14/h4-7,17H,8H2,1-3H3,(H,15,16). The first-order chi connectivity index (χ1) is 8.53. The highest BCUT2D eigenvalue weighted by atomic mass is 32.2. The van der Waals surface area contributed by atoms with Gasteiger partial charge in [0.05, 0.1) is 12.3 Å². The Bertz CT molecular complexity index is 460. The van der Waals surface area contributed by atoms with Gasteiger partial charge in [0.25, 0.3) is 0 Å². The zero-order valence-electron chi connectivity index (χ0n) is 10.8.